The molecule has 0 aliphatic heterocycles. The third-order valence-corrected chi connectivity index (χ3v) is 3.79. The lowest BCUT2D eigenvalue weighted by atomic mass is 10.1. The highest BCUT2D eigenvalue weighted by atomic mass is 35.5. The number of halogens is 1. The highest BCUT2D eigenvalue weighted by molar-refractivity contribution is 6.30. The van der Waals surface area contributed by atoms with Crippen LogP contribution in [-0.4, -0.2) is 32.8 Å². The molecule has 2 aromatic carbocycles. The Hall–Kier alpha value is -2.40. The van der Waals surface area contributed by atoms with E-state index in [1.807, 2.05) is 49.4 Å². The maximum absolute atomic E-state index is 11.8. The highest BCUT2D eigenvalue weighted by Gasteiger charge is 2.05. The lowest BCUT2D eigenvalue weighted by Gasteiger charge is -2.12. The zero-order chi connectivity index (χ0) is 18.1. The fourth-order valence-corrected chi connectivity index (χ4v) is 2.51. The number of aryl methyl sites for hydroxylation is 1. The first-order valence-corrected chi connectivity index (χ1v) is 8.50. The number of ether oxygens (including phenoxy) is 2. The van der Waals surface area contributed by atoms with E-state index in [0.29, 0.717) is 36.2 Å². The van der Waals surface area contributed by atoms with E-state index in [1.165, 1.54) is 0 Å². The smallest absolute Gasteiger partial charge is 0.314 e. The van der Waals surface area contributed by atoms with Crippen molar-refractivity contribution in [2.45, 2.75) is 13.3 Å². The minimum Gasteiger partial charge on any atom is -0.493 e. The highest BCUT2D eigenvalue weighted by Crippen LogP contribution is 2.27. The lowest BCUT2D eigenvalue weighted by Crippen LogP contribution is -2.38. The molecule has 0 fully saturated rings. The standard InChI is InChI=1S/C19H23ClN2O3/c1-14-6-7-17(18(12-14)24-2)25-11-10-22-19(23)21-9-8-15-4-3-5-16(20)13-15/h3-7,12-13H,8-11H2,1-2H3,(H2,21,22,23). The van der Waals surface area contributed by atoms with Gasteiger partial charge in [0.2, 0.25) is 0 Å². The molecule has 0 aromatic heterocycles. The second kappa shape index (κ2) is 9.79. The van der Waals surface area contributed by atoms with Crippen molar-refractivity contribution in [2.75, 3.05) is 26.8 Å². The van der Waals surface area contributed by atoms with Crippen molar-refractivity contribution >= 4 is 17.6 Å². The number of benzene rings is 2. The SMILES string of the molecule is COc1cc(C)ccc1OCCNC(=O)NCCc1cccc(Cl)c1. The van der Waals surface area contributed by atoms with E-state index in [9.17, 15) is 4.79 Å². The van der Waals surface area contributed by atoms with Gasteiger partial charge in [-0.05, 0) is 48.7 Å². The summed E-state index contributed by atoms with van der Waals surface area (Å²) in [5.74, 6) is 1.35. The van der Waals surface area contributed by atoms with Gasteiger partial charge in [-0.3, -0.25) is 0 Å². The Labute approximate surface area is 153 Å². The van der Waals surface area contributed by atoms with Crippen LogP contribution in [0.15, 0.2) is 42.5 Å². The minimum absolute atomic E-state index is 0.221. The molecule has 25 heavy (non-hydrogen) atoms. The molecule has 2 aromatic rings. The topological polar surface area (TPSA) is 59.6 Å². The average molecular weight is 363 g/mol. The summed E-state index contributed by atoms with van der Waals surface area (Å²) in [6.45, 7) is 3.29. The number of carbonyl (C=O) groups excluding carboxylic acids is 1. The molecule has 0 bridgehead atoms. The normalized spacial score (nSPS) is 10.2. The summed E-state index contributed by atoms with van der Waals surface area (Å²) in [4.78, 5) is 11.8. The number of rotatable bonds is 8. The minimum atomic E-state index is -0.221. The molecule has 2 rings (SSSR count). The van der Waals surface area contributed by atoms with Gasteiger partial charge >= 0.3 is 6.03 Å². The van der Waals surface area contributed by atoms with Gasteiger partial charge in [-0.25, -0.2) is 4.79 Å². The van der Waals surface area contributed by atoms with Crippen LogP contribution in [0.2, 0.25) is 5.02 Å². The van der Waals surface area contributed by atoms with E-state index >= 15 is 0 Å². The van der Waals surface area contributed by atoms with E-state index in [0.717, 1.165) is 17.5 Å². The second-order valence-electron chi connectivity index (χ2n) is 5.57. The van der Waals surface area contributed by atoms with Gasteiger partial charge in [0.25, 0.3) is 0 Å². The summed E-state index contributed by atoms with van der Waals surface area (Å²) in [5, 5.41) is 6.26. The summed E-state index contributed by atoms with van der Waals surface area (Å²) < 4.78 is 10.9. The average Bonchev–Trinajstić information content (AvgIpc) is 2.59. The van der Waals surface area contributed by atoms with Gasteiger partial charge in [0.1, 0.15) is 6.61 Å². The third kappa shape index (κ3) is 6.55. The molecule has 0 spiro atoms. The van der Waals surface area contributed by atoms with Gasteiger partial charge in [-0.1, -0.05) is 29.8 Å². The Kier molecular flexibility index (Phi) is 7.41. The van der Waals surface area contributed by atoms with Crippen LogP contribution in [0.5, 0.6) is 11.5 Å². The Morgan fingerprint density at radius 3 is 2.64 bits per heavy atom. The van der Waals surface area contributed by atoms with Crippen molar-refractivity contribution in [1.29, 1.82) is 0 Å². The molecule has 0 heterocycles. The van der Waals surface area contributed by atoms with Gasteiger partial charge in [0, 0.05) is 11.6 Å². The number of hydrogen-bond donors (Lipinski definition) is 2. The molecule has 2 amide bonds. The molecule has 0 saturated carbocycles. The van der Waals surface area contributed by atoms with Crippen molar-refractivity contribution in [3.8, 4) is 11.5 Å². The number of carbonyl (C=O) groups is 1. The molecule has 134 valence electrons. The predicted octanol–water partition coefficient (Wildman–Crippen LogP) is 3.58. The third-order valence-electron chi connectivity index (χ3n) is 3.55. The van der Waals surface area contributed by atoms with Gasteiger partial charge in [0.05, 0.1) is 13.7 Å². The van der Waals surface area contributed by atoms with Crippen LogP contribution in [0.1, 0.15) is 11.1 Å². The molecule has 5 nitrogen and oxygen atoms in total. The van der Waals surface area contributed by atoms with Gasteiger partial charge < -0.3 is 20.1 Å². The molecule has 0 aliphatic rings. The van der Waals surface area contributed by atoms with Crippen LogP contribution in [-0.2, 0) is 6.42 Å². The van der Waals surface area contributed by atoms with Crippen molar-refractivity contribution in [1.82, 2.24) is 10.6 Å². The van der Waals surface area contributed by atoms with Crippen molar-refractivity contribution in [3.63, 3.8) is 0 Å². The van der Waals surface area contributed by atoms with Crippen molar-refractivity contribution in [3.05, 3.63) is 58.6 Å². The van der Waals surface area contributed by atoms with Gasteiger partial charge in [-0.15, -0.1) is 0 Å². The van der Waals surface area contributed by atoms with Crippen LogP contribution in [0.25, 0.3) is 0 Å². The fourth-order valence-electron chi connectivity index (χ4n) is 2.29. The number of methoxy groups -OCH3 is 1. The quantitative estimate of drug-likeness (QED) is 0.706. The van der Waals surface area contributed by atoms with E-state index in [2.05, 4.69) is 10.6 Å². The second-order valence-corrected chi connectivity index (χ2v) is 6.00. The Balaban J connectivity index is 1.64. The first kappa shape index (κ1) is 18.9. The summed E-state index contributed by atoms with van der Waals surface area (Å²) >= 11 is 5.93. The van der Waals surface area contributed by atoms with Crippen molar-refractivity contribution in [2.24, 2.45) is 0 Å². The molecular formula is C19H23ClN2O3. The number of hydrogen-bond acceptors (Lipinski definition) is 3. The van der Waals surface area contributed by atoms with Crippen LogP contribution in [0.3, 0.4) is 0 Å². The molecule has 2 N–H and O–H groups in total. The molecule has 0 atom stereocenters. The Morgan fingerprint density at radius 2 is 1.88 bits per heavy atom. The van der Waals surface area contributed by atoms with E-state index in [-0.39, 0.29) is 6.03 Å². The molecule has 0 radical (unpaired) electrons. The fraction of sp³-hybridized carbons (Fsp3) is 0.316. The van der Waals surface area contributed by atoms with Crippen LogP contribution >= 0.6 is 11.6 Å². The zero-order valence-corrected chi connectivity index (χ0v) is 15.2. The van der Waals surface area contributed by atoms with Crippen molar-refractivity contribution < 1.29 is 14.3 Å². The summed E-state index contributed by atoms with van der Waals surface area (Å²) in [6.07, 6.45) is 0.727. The predicted molar refractivity (Wildman–Crippen MR) is 99.8 cm³/mol. The van der Waals surface area contributed by atoms with Gasteiger partial charge in [0.15, 0.2) is 11.5 Å². The molecule has 6 heteroatoms. The first-order chi connectivity index (χ1) is 12.1. The largest absolute Gasteiger partial charge is 0.493 e. The van der Waals surface area contributed by atoms with Crippen LogP contribution in [0.4, 0.5) is 4.79 Å². The summed E-state index contributed by atoms with van der Waals surface area (Å²) in [7, 11) is 1.60. The number of nitrogens with one attached hydrogen (secondary N) is 2. The van der Waals surface area contributed by atoms with Gasteiger partial charge in [-0.2, -0.15) is 0 Å². The van der Waals surface area contributed by atoms with E-state index in [1.54, 1.807) is 7.11 Å². The van der Waals surface area contributed by atoms with Crippen LogP contribution < -0.4 is 20.1 Å². The number of amides is 2. The maximum Gasteiger partial charge on any atom is 0.314 e. The molecule has 0 saturated heterocycles. The summed E-state index contributed by atoms with van der Waals surface area (Å²) in [5.41, 5.74) is 2.18. The van der Waals surface area contributed by atoms with Crippen LogP contribution in [0, 0.1) is 6.92 Å². The Morgan fingerprint density at radius 1 is 1.08 bits per heavy atom. The first-order valence-electron chi connectivity index (χ1n) is 8.12. The number of urea groups is 1. The molecule has 0 aliphatic carbocycles. The van der Waals surface area contributed by atoms with E-state index in [4.69, 9.17) is 21.1 Å². The molecule has 0 unspecified atom stereocenters. The Bertz CT molecular complexity index is 707. The van der Waals surface area contributed by atoms with E-state index < -0.39 is 0 Å². The maximum atomic E-state index is 11.8. The zero-order valence-electron chi connectivity index (χ0n) is 14.5. The monoisotopic (exact) mass is 362 g/mol. The molecular weight excluding hydrogens is 340 g/mol. The summed E-state index contributed by atoms with van der Waals surface area (Å²) in [6, 6.07) is 13.1. The lowest BCUT2D eigenvalue weighted by molar-refractivity contribution is 0.235.